The lowest BCUT2D eigenvalue weighted by Gasteiger charge is -2.16. The molecule has 128 valence electrons. The van der Waals surface area contributed by atoms with Crippen LogP contribution in [0, 0.1) is 0 Å². The van der Waals surface area contributed by atoms with E-state index in [9.17, 15) is 4.79 Å². The van der Waals surface area contributed by atoms with Gasteiger partial charge in [0.05, 0.1) is 12.7 Å². The number of nitrogens with one attached hydrogen (secondary N) is 1. The Balaban J connectivity index is 2.03. The zero-order chi connectivity index (χ0) is 17.8. The number of methoxy groups -OCH3 is 1. The Bertz CT molecular complexity index is 893. The second-order valence-electron chi connectivity index (χ2n) is 6.01. The number of benzene rings is 3. The topological polar surface area (TPSA) is 38.3 Å². The highest BCUT2D eigenvalue weighted by atomic mass is 16.5. The minimum atomic E-state index is -0.141. The molecule has 0 saturated heterocycles. The normalized spacial score (nSPS) is 10.7. The fourth-order valence-electron chi connectivity index (χ4n) is 3.15. The van der Waals surface area contributed by atoms with E-state index >= 15 is 0 Å². The second-order valence-corrected chi connectivity index (χ2v) is 6.01. The first-order valence-electron chi connectivity index (χ1n) is 8.66. The van der Waals surface area contributed by atoms with E-state index in [1.165, 1.54) is 0 Å². The third kappa shape index (κ3) is 3.36. The quantitative estimate of drug-likeness (QED) is 0.694. The van der Waals surface area contributed by atoms with Gasteiger partial charge in [-0.3, -0.25) is 4.79 Å². The summed E-state index contributed by atoms with van der Waals surface area (Å²) in [6.07, 6.45) is 1.75. The van der Waals surface area contributed by atoms with Crippen LogP contribution in [0.5, 0.6) is 5.75 Å². The molecule has 0 bridgehead atoms. The van der Waals surface area contributed by atoms with Crippen LogP contribution in [0.3, 0.4) is 0 Å². The predicted molar refractivity (Wildman–Crippen MR) is 104 cm³/mol. The van der Waals surface area contributed by atoms with Gasteiger partial charge in [-0.05, 0) is 46.9 Å². The Morgan fingerprint density at radius 3 is 2.08 bits per heavy atom. The van der Waals surface area contributed by atoms with Gasteiger partial charge in [0.2, 0.25) is 0 Å². The highest BCUT2D eigenvalue weighted by molar-refractivity contribution is 6.09. The van der Waals surface area contributed by atoms with Crippen LogP contribution < -0.4 is 10.1 Å². The number of hydrogen-bond donors (Lipinski definition) is 1. The van der Waals surface area contributed by atoms with E-state index in [4.69, 9.17) is 4.74 Å². The molecule has 3 nitrogen and oxygen atoms in total. The molecular weight excluding hydrogens is 310 g/mol. The number of para-hydroxylation sites is 1. The number of carbonyl (C=O) groups is 1. The van der Waals surface area contributed by atoms with Gasteiger partial charge in [-0.2, -0.15) is 0 Å². The molecule has 1 N–H and O–H groups in total. The van der Waals surface area contributed by atoms with Gasteiger partial charge in [0.1, 0.15) is 5.75 Å². The lowest BCUT2D eigenvalue weighted by molar-refractivity contribution is 0.102. The van der Waals surface area contributed by atoms with Crippen molar-refractivity contribution in [3.8, 4) is 5.75 Å². The summed E-state index contributed by atoms with van der Waals surface area (Å²) in [5, 5.41) is 5.19. The largest absolute Gasteiger partial charge is 0.496 e. The number of rotatable bonds is 5. The predicted octanol–water partition coefficient (Wildman–Crippen LogP) is 5.23. The Labute approximate surface area is 148 Å². The third-order valence-electron chi connectivity index (χ3n) is 4.55. The fraction of sp³-hybridized carbons (Fsp3) is 0.227. The Kier molecular flexibility index (Phi) is 5.03. The number of carbonyl (C=O) groups excluding carboxylic acids is 1. The maximum atomic E-state index is 13.0. The summed E-state index contributed by atoms with van der Waals surface area (Å²) in [7, 11) is 1.60. The van der Waals surface area contributed by atoms with Crippen LogP contribution in [0.25, 0.3) is 10.8 Å². The molecule has 0 aliphatic carbocycles. The molecule has 3 aromatic rings. The summed E-state index contributed by atoms with van der Waals surface area (Å²) >= 11 is 0. The zero-order valence-corrected chi connectivity index (χ0v) is 14.9. The molecule has 1 amide bonds. The lowest BCUT2D eigenvalue weighted by Crippen LogP contribution is -2.16. The van der Waals surface area contributed by atoms with E-state index in [0.29, 0.717) is 11.3 Å². The van der Waals surface area contributed by atoms with Gasteiger partial charge in [-0.1, -0.05) is 56.3 Å². The van der Waals surface area contributed by atoms with E-state index in [-0.39, 0.29) is 5.91 Å². The third-order valence-corrected chi connectivity index (χ3v) is 4.55. The first kappa shape index (κ1) is 17.0. The second kappa shape index (κ2) is 7.39. The number of anilines is 1. The molecule has 0 aliphatic heterocycles. The first-order valence-corrected chi connectivity index (χ1v) is 8.66. The van der Waals surface area contributed by atoms with Gasteiger partial charge < -0.3 is 10.1 Å². The van der Waals surface area contributed by atoms with Gasteiger partial charge in [0, 0.05) is 5.69 Å². The van der Waals surface area contributed by atoms with Crippen LogP contribution in [-0.4, -0.2) is 13.0 Å². The zero-order valence-electron chi connectivity index (χ0n) is 14.9. The maximum Gasteiger partial charge on any atom is 0.259 e. The molecule has 3 aromatic carbocycles. The summed E-state index contributed by atoms with van der Waals surface area (Å²) in [6.45, 7) is 4.20. The molecule has 0 spiro atoms. The van der Waals surface area contributed by atoms with Crippen molar-refractivity contribution in [3.05, 3.63) is 71.3 Å². The molecule has 0 radical (unpaired) electrons. The van der Waals surface area contributed by atoms with Crippen molar-refractivity contribution in [2.24, 2.45) is 0 Å². The van der Waals surface area contributed by atoms with E-state index in [2.05, 4.69) is 31.3 Å². The molecule has 3 rings (SSSR count). The summed E-state index contributed by atoms with van der Waals surface area (Å²) in [5.41, 5.74) is 3.77. The lowest BCUT2D eigenvalue weighted by atomic mass is 10.0. The summed E-state index contributed by atoms with van der Waals surface area (Å²) < 4.78 is 5.46. The van der Waals surface area contributed by atoms with E-state index in [0.717, 1.165) is 40.4 Å². The van der Waals surface area contributed by atoms with Crippen molar-refractivity contribution in [1.29, 1.82) is 0 Å². The van der Waals surface area contributed by atoms with Gasteiger partial charge >= 0.3 is 0 Å². The maximum absolute atomic E-state index is 13.0. The van der Waals surface area contributed by atoms with E-state index in [1.807, 2.05) is 42.5 Å². The van der Waals surface area contributed by atoms with E-state index < -0.39 is 0 Å². The summed E-state index contributed by atoms with van der Waals surface area (Å²) in [4.78, 5) is 13.0. The molecular formula is C22H23NO2. The smallest absolute Gasteiger partial charge is 0.259 e. The number of amides is 1. The van der Waals surface area contributed by atoms with Crippen molar-refractivity contribution < 1.29 is 9.53 Å². The average Bonchev–Trinajstić information content (AvgIpc) is 2.66. The molecule has 0 unspecified atom stereocenters. The van der Waals surface area contributed by atoms with Crippen molar-refractivity contribution in [3.63, 3.8) is 0 Å². The minimum absolute atomic E-state index is 0.141. The Morgan fingerprint density at radius 1 is 0.920 bits per heavy atom. The molecule has 0 fully saturated rings. The van der Waals surface area contributed by atoms with Crippen LogP contribution in [0.15, 0.2) is 54.6 Å². The average molecular weight is 333 g/mol. The van der Waals surface area contributed by atoms with Crippen LogP contribution in [0.2, 0.25) is 0 Å². The molecule has 0 heterocycles. The van der Waals surface area contributed by atoms with Crippen LogP contribution in [-0.2, 0) is 12.8 Å². The van der Waals surface area contributed by atoms with Crippen molar-refractivity contribution >= 4 is 22.4 Å². The van der Waals surface area contributed by atoms with Gasteiger partial charge in [0.25, 0.3) is 5.91 Å². The van der Waals surface area contributed by atoms with E-state index in [1.54, 1.807) is 7.11 Å². The standard InChI is InChI=1S/C22H23NO2/c1-4-15-11-8-12-16(5-2)21(15)23-22(24)19-13-17-9-6-7-10-18(17)14-20(19)25-3/h6-14H,4-5H2,1-3H3,(H,23,24). The molecule has 0 saturated carbocycles. The minimum Gasteiger partial charge on any atom is -0.496 e. The van der Waals surface area contributed by atoms with Crippen molar-refractivity contribution in [2.45, 2.75) is 26.7 Å². The molecule has 25 heavy (non-hydrogen) atoms. The SMILES string of the molecule is CCc1cccc(CC)c1NC(=O)c1cc2ccccc2cc1OC. The van der Waals surface area contributed by atoms with Gasteiger partial charge in [-0.25, -0.2) is 0 Å². The Hall–Kier alpha value is -2.81. The highest BCUT2D eigenvalue weighted by Crippen LogP contribution is 2.28. The summed E-state index contributed by atoms with van der Waals surface area (Å²) in [5.74, 6) is 0.446. The van der Waals surface area contributed by atoms with Crippen molar-refractivity contribution in [1.82, 2.24) is 0 Å². The molecule has 0 atom stereocenters. The van der Waals surface area contributed by atoms with Crippen LogP contribution >= 0.6 is 0 Å². The Morgan fingerprint density at radius 2 is 1.52 bits per heavy atom. The number of hydrogen-bond acceptors (Lipinski definition) is 2. The van der Waals surface area contributed by atoms with Crippen LogP contribution in [0.4, 0.5) is 5.69 Å². The van der Waals surface area contributed by atoms with Crippen LogP contribution in [0.1, 0.15) is 35.3 Å². The highest BCUT2D eigenvalue weighted by Gasteiger charge is 2.16. The van der Waals surface area contributed by atoms with Gasteiger partial charge in [-0.15, -0.1) is 0 Å². The fourth-order valence-corrected chi connectivity index (χ4v) is 3.15. The molecule has 3 heteroatoms. The van der Waals surface area contributed by atoms with Gasteiger partial charge in [0.15, 0.2) is 0 Å². The first-order chi connectivity index (χ1) is 12.2. The molecule has 0 aromatic heterocycles. The van der Waals surface area contributed by atoms with Crippen molar-refractivity contribution in [2.75, 3.05) is 12.4 Å². The number of fused-ring (bicyclic) bond motifs is 1. The monoisotopic (exact) mass is 333 g/mol. The molecule has 0 aliphatic rings. The number of aryl methyl sites for hydroxylation is 2. The summed E-state index contributed by atoms with van der Waals surface area (Å²) in [6, 6.07) is 17.9. The number of ether oxygens (including phenoxy) is 1.